The van der Waals surface area contributed by atoms with Crippen LogP contribution in [0.1, 0.15) is 6.42 Å². The lowest BCUT2D eigenvalue weighted by Crippen LogP contribution is -2.46. The monoisotopic (exact) mass is 437 g/mol. The van der Waals surface area contributed by atoms with Crippen molar-refractivity contribution >= 4 is 11.4 Å². The lowest BCUT2D eigenvalue weighted by atomic mass is 9.82. The largest absolute Gasteiger partial charge is 0.518 e. The summed E-state index contributed by atoms with van der Waals surface area (Å²) in [6.07, 6.45) is 14.9. The summed E-state index contributed by atoms with van der Waals surface area (Å²) in [7, 11) is 0. The Morgan fingerprint density at radius 2 is 1.64 bits per heavy atom. The fourth-order valence-electron chi connectivity index (χ4n) is 5.21. The predicted octanol–water partition coefficient (Wildman–Crippen LogP) is 5.49. The Hall–Kier alpha value is -3.37. The summed E-state index contributed by atoms with van der Waals surface area (Å²) in [5, 5.41) is 0. The van der Waals surface area contributed by atoms with E-state index in [1.165, 1.54) is 22.5 Å². The summed E-state index contributed by atoms with van der Waals surface area (Å²) in [4.78, 5) is 4.63. The highest BCUT2D eigenvalue weighted by molar-refractivity contribution is 5.55. The molecule has 4 nitrogen and oxygen atoms in total. The predicted molar refractivity (Wildman–Crippen MR) is 133 cm³/mol. The van der Waals surface area contributed by atoms with Crippen LogP contribution in [0, 0.1) is 18.3 Å². The van der Waals surface area contributed by atoms with Crippen LogP contribution in [0.4, 0.5) is 11.4 Å². The molecule has 3 unspecified atom stereocenters. The molecule has 2 heterocycles. The molecule has 33 heavy (non-hydrogen) atoms. The highest BCUT2D eigenvalue weighted by Crippen LogP contribution is 2.35. The SMILES string of the molecule is C1=CC2OCN(c3ccccc3)CC2CC1C=C1C=C2CN(c3ccccc3)COC2=C[CH-]1. The van der Waals surface area contributed by atoms with Crippen molar-refractivity contribution in [2.24, 2.45) is 11.8 Å². The highest BCUT2D eigenvalue weighted by Gasteiger charge is 2.32. The van der Waals surface area contributed by atoms with Crippen molar-refractivity contribution in [2.75, 3.05) is 36.4 Å². The standard InChI is InChI=1S/C29H29N2O2/c1-3-7-26(8-4-1)30-18-24-16-22(11-13-28(24)32-20-30)15-23-12-14-29-25(17-23)19-31(21-33-29)27-9-5-2-6-10-27/h1-16,23,25,29H,17-21H2/q-1. The van der Waals surface area contributed by atoms with Crippen molar-refractivity contribution in [1.29, 1.82) is 0 Å². The second kappa shape index (κ2) is 8.87. The summed E-state index contributed by atoms with van der Waals surface area (Å²) < 4.78 is 12.2. The Balaban J connectivity index is 1.15. The maximum atomic E-state index is 6.18. The molecule has 2 aromatic rings. The summed E-state index contributed by atoms with van der Waals surface area (Å²) in [5.74, 6) is 1.91. The number of fused-ring (bicyclic) bond motifs is 2. The third kappa shape index (κ3) is 4.31. The van der Waals surface area contributed by atoms with Gasteiger partial charge in [-0.25, -0.2) is 0 Å². The van der Waals surface area contributed by atoms with Crippen molar-refractivity contribution < 1.29 is 9.47 Å². The summed E-state index contributed by atoms with van der Waals surface area (Å²) in [6.45, 7) is 3.15. The van der Waals surface area contributed by atoms with Crippen molar-refractivity contribution in [3.05, 3.63) is 114 Å². The molecule has 0 amide bonds. The van der Waals surface area contributed by atoms with Crippen molar-refractivity contribution in [3.8, 4) is 0 Å². The molecule has 0 N–H and O–H groups in total. The Bertz CT molecular complexity index is 1100. The molecule has 2 aromatic carbocycles. The molecule has 2 aliphatic heterocycles. The second-order valence-corrected chi connectivity index (χ2v) is 9.20. The van der Waals surface area contributed by atoms with Gasteiger partial charge in [0, 0.05) is 36.1 Å². The van der Waals surface area contributed by atoms with Gasteiger partial charge >= 0.3 is 0 Å². The average Bonchev–Trinajstić information content (AvgIpc) is 2.89. The van der Waals surface area contributed by atoms with E-state index in [9.17, 15) is 0 Å². The Morgan fingerprint density at radius 3 is 2.42 bits per heavy atom. The molecular formula is C29H29N2O2-. The van der Waals surface area contributed by atoms with E-state index < -0.39 is 0 Å². The topological polar surface area (TPSA) is 24.9 Å². The number of nitrogens with zero attached hydrogens (tertiary/aromatic N) is 2. The second-order valence-electron chi connectivity index (χ2n) is 9.20. The molecule has 3 atom stereocenters. The van der Waals surface area contributed by atoms with Crippen LogP contribution in [-0.4, -0.2) is 32.7 Å². The summed E-state index contributed by atoms with van der Waals surface area (Å²) >= 11 is 0. The molecule has 6 rings (SSSR count). The molecule has 0 spiro atoms. The Kier molecular flexibility index (Phi) is 5.45. The van der Waals surface area contributed by atoms with Crippen LogP contribution in [0.5, 0.6) is 0 Å². The van der Waals surface area contributed by atoms with Gasteiger partial charge in [-0.1, -0.05) is 54.1 Å². The van der Waals surface area contributed by atoms with E-state index >= 15 is 0 Å². The van der Waals surface area contributed by atoms with Crippen molar-refractivity contribution in [2.45, 2.75) is 12.5 Å². The number of allylic oxidation sites excluding steroid dienone is 5. The zero-order chi connectivity index (χ0) is 22.0. The van der Waals surface area contributed by atoms with E-state index in [4.69, 9.17) is 9.47 Å². The lowest BCUT2D eigenvalue weighted by Gasteiger charge is -2.42. The van der Waals surface area contributed by atoms with Crippen LogP contribution in [-0.2, 0) is 9.47 Å². The maximum Gasteiger partial charge on any atom is 0.150 e. The number of para-hydroxylation sites is 2. The molecule has 2 aliphatic carbocycles. The fraction of sp³-hybridized carbons (Fsp3) is 0.276. The Morgan fingerprint density at radius 1 is 0.879 bits per heavy atom. The highest BCUT2D eigenvalue weighted by atomic mass is 16.5. The molecule has 0 saturated carbocycles. The smallest absolute Gasteiger partial charge is 0.150 e. The molecule has 4 heteroatoms. The zero-order valence-corrected chi connectivity index (χ0v) is 18.7. The van der Waals surface area contributed by atoms with Gasteiger partial charge in [0.05, 0.1) is 6.10 Å². The van der Waals surface area contributed by atoms with Gasteiger partial charge in [0.1, 0.15) is 6.73 Å². The summed E-state index contributed by atoms with van der Waals surface area (Å²) in [6, 6.07) is 21.1. The first-order valence-electron chi connectivity index (χ1n) is 11.8. The van der Waals surface area contributed by atoms with E-state index in [0.29, 0.717) is 25.3 Å². The van der Waals surface area contributed by atoms with Gasteiger partial charge in [0.2, 0.25) is 0 Å². The van der Waals surface area contributed by atoms with Crippen molar-refractivity contribution in [1.82, 2.24) is 0 Å². The first kappa shape index (κ1) is 20.3. The van der Waals surface area contributed by atoms with E-state index in [0.717, 1.165) is 25.3 Å². The first-order valence-corrected chi connectivity index (χ1v) is 11.8. The maximum absolute atomic E-state index is 6.18. The number of ether oxygens (including phenoxy) is 2. The molecule has 168 valence electrons. The molecule has 0 bridgehead atoms. The molecule has 0 radical (unpaired) electrons. The van der Waals surface area contributed by atoms with E-state index in [1.54, 1.807) is 0 Å². The minimum atomic E-state index is 0.228. The average molecular weight is 438 g/mol. The van der Waals surface area contributed by atoms with Crippen molar-refractivity contribution in [3.63, 3.8) is 0 Å². The van der Waals surface area contributed by atoms with Crippen LogP contribution >= 0.6 is 0 Å². The van der Waals surface area contributed by atoms with E-state index in [2.05, 4.69) is 101 Å². The van der Waals surface area contributed by atoms with Crippen LogP contribution in [0.15, 0.2) is 108 Å². The minimum Gasteiger partial charge on any atom is -0.518 e. The third-order valence-corrected chi connectivity index (χ3v) is 6.94. The van der Waals surface area contributed by atoms with Gasteiger partial charge < -0.3 is 19.3 Å². The molecule has 4 aliphatic rings. The minimum absolute atomic E-state index is 0.228. The lowest BCUT2D eigenvalue weighted by molar-refractivity contribution is 0.00632. The van der Waals surface area contributed by atoms with Crippen LogP contribution in [0.2, 0.25) is 0 Å². The third-order valence-electron chi connectivity index (χ3n) is 6.94. The van der Waals surface area contributed by atoms with Gasteiger partial charge in [-0.2, -0.15) is 5.57 Å². The molecule has 2 fully saturated rings. The zero-order valence-electron chi connectivity index (χ0n) is 18.7. The van der Waals surface area contributed by atoms with E-state index in [1.807, 2.05) is 6.07 Å². The normalized spacial score (nSPS) is 27.6. The van der Waals surface area contributed by atoms with Gasteiger partial charge in [-0.15, -0.1) is 24.6 Å². The van der Waals surface area contributed by atoms with Gasteiger partial charge in [-0.05, 0) is 36.6 Å². The number of rotatable bonds is 3. The fourth-order valence-corrected chi connectivity index (χ4v) is 5.21. The number of hydrogen-bond donors (Lipinski definition) is 0. The number of anilines is 2. The van der Waals surface area contributed by atoms with Crippen LogP contribution in [0.3, 0.4) is 0 Å². The van der Waals surface area contributed by atoms with Gasteiger partial charge in [0.15, 0.2) is 6.73 Å². The van der Waals surface area contributed by atoms with Crippen LogP contribution < -0.4 is 9.80 Å². The Labute approximate surface area is 196 Å². The number of hydrogen-bond acceptors (Lipinski definition) is 4. The first-order chi connectivity index (χ1) is 16.3. The van der Waals surface area contributed by atoms with Gasteiger partial charge in [-0.3, -0.25) is 0 Å². The van der Waals surface area contributed by atoms with Crippen LogP contribution in [0.25, 0.3) is 0 Å². The number of benzene rings is 2. The molecule has 2 saturated heterocycles. The molecule has 0 aromatic heterocycles. The van der Waals surface area contributed by atoms with Gasteiger partial charge in [0.25, 0.3) is 0 Å². The summed E-state index contributed by atoms with van der Waals surface area (Å²) in [5.41, 5.74) is 4.94. The molecular weight excluding hydrogens is 408 g/mol. The van der Waals surface area contributed by atoms with E-state index in [-0.39, 0.29) is 6.10 Å². The quantitative estimate of drug-likeness (QED) is 0.468.